The number of hydrogen-bond acceptors (Lipinski definition) is 4. The molecule has 1 aliphatic rings. The van der Waals surface area contributed by atoms with Gasteiger partial charge < -0.3 is 14.8 Å². The molecular formula is C22H28N2O3. The van der Waals surface area contributed by atoms with Gasteiger partial charge in [-0.3, -0.25) is 9.69 Å². The van der Waals surface area contributed by atoms with E-state index in [1.54, 1.807) is 6.92 Å². The minimum atomic E-state index is -0.542. The number of aryl methyl sites for hydroxylation is 1. The third-order valence-electron chi connectivity index (χ3n) is 4.77. The van der Waals surface area contributed by atoms with E-state index in [4.69, 9.17) is 9.47 Å². The molecule has 1 N–H and O–H groups in total. The molecule has 1 amide bonds. The highest BCUT2D eigenvalue weighted by Gasteiger charge is 2.16. The summed E-state index contributed by atoms with van der Waals surface area (Å²) in [5.41, 5.74) is 3.54. The highest BCUT2D eigenvalue weighted by Crippen LogP contribution is 2.15. The summed E-state index contributed by atoms with van der Waals surface area (Å²) in [6.45, 7) is 8.64. The molecule has 2 aromatic carbocycles. The van der Waals surface area contributed by atoms with Gasteiger partial charge in [0.2, 0.25) is 0 Å². The first kappa shape index (κ1) is 19.4. The summed E-state index contributed by atoms with van der Waals surface area (Å²) in [5, 5.41) is 3.00. The SMILES string of the molecule is Cc1ccc(O[C@H](C)C(=O)NCc2ccccc2CN2CCOCC2)cc1. The number of hydrogen-bond donors (Lipinski definition) is 1. The Morgan fingerprint density at radius 1 is 1.11 bits per heavy atom. The van der Waals surface area contributed by atoms with Crippen LogP contribution >= 0.6 is 0 Å². The lowest BCUT2D eigenvalue weighted by atomic mass is 10.1. The Hall–Kier alpha value is -2.37. The maximum Gasteiger partial charge on any atom is 0.261 e. The average molecular weight is 368 g/mol. The highest BCUT2D eigenvalue weighted by atomic mass is 16.5. The van der Waals surface area contributed by atoms with Gasteiger partial charge >= 0.3 is 0 Å². The molecule has 0 aliphatic carbocycles. The molecule has 2 aromatic rings. The molecule has 1 heterocycles. The molecule has 1 atom stereocenters. The lowest BCUT2D eigenvalue weighted by molar-refractivity contribution is -0.127. The Morgan fingerprint density at radius 2 is 1.78 bits per heavy atom. The first-order valence-electron chi connectivity index (χ1n) is 9.50. The Labute approximate surface area is 161 Å². The summed E-state index contributed by atoms with van der Waals surface area (Å²) < 4.78 is 11.2. The zero-order valence-electron chi connectivity index (χ0n) is 16.1. The smallest absolute Gasteiger partial charge is 0.261 e. The quantitative estimate of drug-likeness (QED) is 0.816. The van der Waals surface area contributed by atoms with Crippen molar-refractivity contribution in [1.82, 2.24) is 10.2 Å². The number of rotatable bonds is 7. The molecule has 1 saturated heterocycles. The summed E-state index contributed by atoms with van der Waals surface area (Å²) in [6, 6.07) is 16.0. The first-order chi connectivity index (χ1) is 13.1. The monoisotopic (exact) mass is 368 g/mol. The van der Waals surface area contributed by atoms with E-state index in [0.717, 1.165) is 44.0 Å². The molecule has 5 heteroatoms. The van der Waals surface area contributed by atoms with Crippen molar-refractivity contribution in [3.63, 3.8) is 0 Å². The Morgan fingerprint density at radius 3 is 2.48 bits per heavy atom. The molecule has 1 aliphatic heterocycles. The molecule has 5 nitrogen and oxygen atoms in total. The van der Waals surface area contributed by atoms with Gasteiger partial charge in [-0.05, 0) is 37.1 Å². The summed E-state index contributed by atoms with van der Waals surface area (Å²) >= 11 is 0. The summed E-state index contributed by atoms with van der Waals surface area (Å²) in [7, 11) is 0. The van der Waals surface area contributed by atoms with Crippen LogP contribution < -0.4 is 10.1 Å². The summed E-state index contributed by atoms with van der Waals surface area (Å²) in [4.78, 5) is 14.8. The van der Waals surface area contributed by atoms with Crippen LogP contribution in [-0.2, 0) is 22.6 Å². The van der Waals surface area contributed by atoms with Crippen LogP contribution in [0.1, 0.15) is 23.6 Å². The van der Waals surface area contributed by atoms with Gasteiger partial charge in [-0.1, -0.05) is 42.0 Å². The maximum absolute atomic E-state index is 12.4. The lowest BCUT2D eigenvalue weighted by Gasteiger charge is -2.27. The van der Waals surface area contributed by atoms with Crippen LogP contribution in [-0.4, -0.2) is 43.2 Å². The molecule has 0 radical (unpaired) electrons. The van der Waals surface area contributed by atoms with E-state index in [0.29, 0.717) is 12.3 Å². The van der Waals surface area contributed by atoms with Crippen LogP contribution in [0.15, 0.2) is 48.5 Å². The summed E-state index contributed by atoms with van der Waals surface area (Å²) in [5.74, 6) is 0.590. The molecule has 0 spiro atoms. The van der Waals surface area contributed by atoms with Crippen LogP contribution in [0.3, 0.4) is 0 Å². The second kappa shape index (κ2) is 9.53. The van der Waals surface area contributed by atoms with Crippen molar-refractivity contribution < 1.29 is 14.3 Å². The molecule has 144 valence electrons. The number of nitrogens with one attached hydrogen (secondary N) is 1. The number of benzene rings is 2. The number of carbonyl (C=O) groups excluding carboxylic acids is 1. The van der Waals surface area contributed by atoms with E-state index in [9.17, 15) is 4.79 Å². The van der Waals surface area contributed by atoms with Crippen molar-refractivity contribution in [2.75, 3.05) is 26.3 Å². The second-order valence-electron chi connectivity index (χ2n) is 6.95. The molecule has 3 rings (SSSR count). The predicted molar refractivity (Wildman–Crippen MR) is 106 cm³/mol. The van der Waals surface area contributed by atoms with Crippen molar-refractivity contribution >= 4 is 5.91 Å². The molecule has 0 unspecified atom stereocenters. The number of morpholine rings is 1. The zero-order valence-corrected chi connectivity index (χ0v) is 16.1. The highest BCUT2D eigenvalue weighted by molar-refractivity contribution is 5.80. The fourth-order valence-electron chi connectivity index (χ4n) is 3.08. The van der Waals surface area contributed by atoms with Gasteiger partial charge in [0.25, 0.3) is 5.91 Å². The molecule has 27 heavy (non-hydrogen) atoms. The average Bonchev–Trinajstić information content (AvgIpc) is 2.69. The fraction of sp³-hybridized carbons (Fsp3) is 0.409. The van der Waals surface area contributed by atoms with Crippen molar-refractivity contribution in [1.29, 1.82) is 0 Å². The number of ether oxygens (including phenoxy) is 2. The number of amides is 1. The molecule has 0 bridgehead atoms. The van der Waals surface area contributed by atoms with Gasteiger partial charge in [-0.25, -0.2) is 0 Å². The van der Waals surface area contributed by atoms with Crippen molar-refractivity contribution in [3.8, 4) is 5.75 Å². The number of carbonyl (C=O) groups is 1. The Balaban J connectivity index is 1.54. The van der Waals surface area contributed by atoms with Crippen LogP contribution in [0, 0.1) is 6.92 Å². The van der Waals surface area contributed by atoms with Gasteiger partial charge in [0.1, 0.15) is 5.75 Å². The lowest BCUT2D eigenvalue weighted by Crippen LogP contribution is -2.37. The van der Waals surface area contributed by atoms with Gasteiger partial charge in [0.05, 0.1) is 13.2 Å². The van der Waals surface area contributed by atoms with Crippen LogP contribution in [0.25, 0.3) is 0 Å². The van der Waals surface area contributed by atoms with Gasteiger partial charge in [0, 0.05) is 26.2 Å². The molecule has 0 saturated carbocycles. The normalized spacial score (nSPS) is 15.9. The Bertz CT molecular complexity index is 739. The van der Waals surface area contributed by atoms with Crippen molar-refractivity contribution in [3.05, 3.63) is 65.2 Å². The van der Waals surface area contributed by atoms with Crippen molar-refractivity contribution in [2.24, 2.45) is 0 Å². The Kier molecular flexibility index (Phi) is 6.85. The van der Waals surface area contributed by atoms with Crippen LogP contribution in [0.5, 0.6) is 5.75 Å². The maximum atomic E-state index is 12.4. The molecule has 0 aromatic heterocycles. The van der Waals surface area contributed by atoms with Gasteiger partial charge in [-0.15, -0.1) is 0 Å². The van der Waals surface area contributed by atoms with E-state index in [1.807, 2.05) is 43.3 Å². The van der Waals surface area contributed by atoms with E-state index >= 15 is 0 Å². The third kappa shape index (κ3) is 5.81. The topological polar surface area (TPSA) is 50.8 Å². The summed E-state index contributed by atoms with van der Waals surface area (Å²) in [6.07, 6.45) is -0.542. The van der Waals surface area contributed by atoms with Gasteiger partial charge in [0.15, 0.2) is 6.10 Å². The minimum absolute atomic E-state index is 0.114. The van der Waals surface area contributed by atoms with Gasteiger partial charge in [-0.2, -0.15) is 0 Å². The largest absolute Gasteiger partial charge is 0.481 e. The molecule has 1 fully saturated rings. The third-order valence-corrected chi connectivity index (χ3v) is 4.77. The number of nitrogens with zero attached hydrogens (tertiary/aromatic N) is 1. The molecular weight excluding hydrogens is 340 g/mol. The van der Waals surface area contributed by atoms with E-state index < -0.39 is 6.10 Å². The van der Waals surface area contributed by atoms with E-state index in [2.05, 4.69) is 22.3 Å². The predicted octanol–water partition coefficient (Wildman–Crippen LogP) is 2.91. The van der Waals surface area contributed by atoms with Crippen molar-refractivity contribution in [2.45, 2.75) is 33.0 Å². The zero-order chi connectivity index (χ0) is 19.1. The van der Waals surface area contributed by atoms with Crippen LogP contribution in [0.2, 0.25) is 0 Å². The fourth-order valence-corrected chi connectivity index (χ4v) is 3.08. The van der Waals surface area contributed by atoms with Crippen LogP contribution in [0.4, 0.5) is 0 Å². The van der Waals surface area contributed by atoms with E-state index in [-0.39, 0.29) is 5.91 Å². The first-order valence-corrected chi connectivity index (χ1v) is 9.50. The second-order valence-corrected chi connectivity index (χ2v) is 6.95. The standard InChI is InChI=1S/C22H28N2O3/c1-17-7-9-21(10-8-17)27-18(2)22(25)23-15-19-5-3-4-6-20(19)16-24-11-13-26-14-12-24/h3-10,18H,11-16H2,1-2H3,(H,23,25)/t18-/m1/s1. The van der Waals surface area contributed by atoms with E-state index in [1.165, 1.54) is 5.56 Å². The minimum Gasteiger partial charge on any atom is -0.481 e.